The van der Waals surface area contributed by atoms with Crippen molar-refractivity contribution in [2.24, 2.45) is 0 Å². The third-order valence-electron chi connectivity index (χ3n) is 4.29. The van der Waals surface area contributed by atoms with E-state index in [1.807, 2.05) is 79.0 Å². The molecule has 3 N–H and O–H groups in total. The zero-order chi connectivity index (χ0) is 18.4. The second kappa shape index (κ2) is 8.70. The van der Waals surface area contributed by atoms with Gasteiger partial charge in [0.05, 0.1) is 12.3 Å². The third-order valence-corrected chi connectivity index (χ3v) is 4.55. The van der Waals surface area contributed by atoms with E-state index in [1.54, 1.807) is 6.26 Å². The van der Waals surface area contributed by atoms with Crippen molar-refractivity contribution >= 4 is 17.5 Å². The highest BCUT2D eigenvalue weighted by Crippen LogP contribution is 2.18. The van der Waals surface area contributed by atoms with E-state index in [9.17, 15) is 4.79 Å². The van der Waals surface area contributed by atoms with Crippen molar-refractivity contribution in [3.05, 3.63) is 94.9 Å². The molecule has 0 aliphatic carbocycles. The van der Waals surface area contributed by atoms with Crippen LogP contribution in [0.2, 0.25) is 5.02 Å². The molecule has 1 amide bonds. The molecule has 0 fully saturated rings. The summed E-state index contributed by atoms with van der Waals surface area (Å²) in [4.78, 5) is 12.4. The molecule has 2 atom stereocenters. The fourth-order valence-electron chi connectivity index (χ4n) is 2.91. The van der Waals surface area contributed by atoms with E-state index in [2.05, 4.69) is 5.32 Å². The molecule has 0 unspecified atom stereocenters. The van der Waals surface area contributed by atoms with Crippen LogP contribution in [0.3, 0.4) is 0 Å². The Hall–Kier alpha value is -2.56. The first-order valence-electron chi connectivity index (χ1n) is 8.60. The van der Waals surface area contributed by atoms with Crippen LogP contribution in [0.15, 0.2) is 77.4 Å². The number of benzene rings is 2. The van der Waals surface area contributed by atoms with E-state index in [4.69, 9.17) is 16.0 Å². The van der Waals surface area contributed by atoms with Crippen LogP contribution >= 0.6 is 11.6 Å². The lowest BCUT2D eigenvalue weighted by molar-refractivity contribution is -0.678. The molecule has 2 aromatic carbocycles. The Morgan fingerprint density at radius 1 is 1.04 bits per heavy atom. The number of amides is 1. The highest BCUT2D eigenvalue weighted by molar-refractivity contribution is 6.30. The van der Waals surface area contributed by atoms with Crippen LogP contribution in [-0.2, 0) is 4.79 Å². The van der Waals surface area contributed by atoms with Crippen LogP contribution < -0.4 is 10.6 Å². The minimum atomic E-state index is -0.0769. The largest absolute Gasteiger partial charge is 0.463 e. The van der Waals surface area contributed by atoms with Gasteiger partial charge in [-0.05, 0) is 36.8 Å². The highest BCUT2D eigenvalue weighted by atomic mass is 35.5. The van der Waals surface area contributed by atoms with Crippen molar-refractivity contribution in [3.8, 4) is 0 Å². The first-order valence-corrected chi connectivity index (χ1v) is 8.98. The van der Waals surface area contributed by atoms with Gasteiger partial charge in [-0.1, -0.05) is 54.1 Å². The minimum Gasteiger partial charge on any atom is -0.463 e. The van der Waals surface area contributed by atoms with Gasteiger partial charge in [-0.15, -0.1) is 0 Å². The number of carbonyl (C=O) groups excluding carboxylic acids is 1. The van der Waals surface area contributed by atoms with Gasteiger partial charge in [0, 0.05) is 10.6 Å². The van der Waals surface area contributed by atoms with Crippen molar-refractivity contribution in [2.45, 2.75) is 19.0 Å². The standard InChI is InChI=1S/C21H21ClN2O2/c1-15(16-9-11-18(22)12-10-16)24-20(25)14-23-21(19-8-5-13-26-19)17-6-3-2-4-7-17/h2-13,15,21,23H,14H2,1H3,(H,24,25)/p+1/t15-,21+/m0/s1. The van der Waals surface area contributed by atoms with Gasteiger partial charge in [0.2, 0.25) is 0 Å². The molecular weight excluding hydrogens is 348 g/mol. The van der Waals surface area contributed by atoms with Crippen LogP contribution in [0.5, 0.6) is 0 Å². The van der Waals surface area contributed by atoms with Crippen molar-refractivity contribution in [2.75, 3.05) is 6.54 Å². The summed E-state index contributed by atoms with van der Waals surface area (Å²) in [6.45, 7) is 2.26. The maximum absolute atomic E-state index is 12.4. The predicted molar refractivity (Wildman–Crippen MR) is 102 cm³/mol. The van der Waals surface area contributed by atoms with Crippen molar-refractivity contribution in [1.82, 2.24) is 5.32 Å². The molecule has 0 bridgehead atoms. The molecule has 134 valence electrons. The Bertz CT molecular complexity index is 817. The molecule has 0 aliphatic heterocycles. The van der Waals surface area contributed by atoms with Crippen molar-refractivity contribution in [3.63, 3.8) is 0 Å². The monoisotopic (exact) mass is 369 g/mol. The predicted octanol–water partition coefficient (Wildman–Crippen LogP) is 3.46. The maximum atomic E-state index is 12.4. The zero-order valence-electron chi connectivity index (χ0n) is 14.6. The second-order valence-corrected chi connectivity index (χ2v) is 6.62. The van der Waals surface area contributed by atoms with Crippen molar-refractivity contribution in [1.29, 1.82) is 0 Å². The highest BCUT2D eigenvalue weighted by Gasteiger charge is 2.22. The summed E-state index contributed by atoms with van der Waals surface area (Å²) in [5, 5.41) is 5.69. The van der Waals surface area contributed by atoms with E-state index < -0.39 is 0 Å². The van der Waals surface area contributed by atoms with E-state index in [0.29, 0.717) is 11.6 Å². The SMILES string of the molecule is C[C@H](NC(=O)C[NH2+][C@H](c1ccccc1)c1ccco1)c1ccc(Cl)cc1. The Morgan fingerprint density at radius 3 is 2.42 bits per heavy atom. The number of furan rings is 1. The van der Waals surface area contributed by atoms with E-state index in [0.717, 1.165) is 16.9 Å². The van der Waals surface area contributed by atoms with Gasteiger partial charge in [0.15, 0.2) is 18.3 Å². The summed E-state index contributed by atoms with van der Waals surface area (Å²) < 4.78 is 5.57. The topological polar surface area (TPSA) is 58.9 Å². The Balaban J connectivity index is 1.62. The molecule has 1 heterocycles. The number of quaternary nitrogens is 1. The molecule has 3 aromatic rings. The number of nitrogens with two attached hydrogens (primary N) is 1. The van der Waals surface area contributed by atoms with Crippen molar-refractivity contribution < 1.29 is 14.5 Å². The summed E-state index contributed by atoms with van der Waals surface area (Å²) in [7, 11) is 0. The Labute approximate surface area is 158 Å². The first kappa shape index (κ1) is 18.2. The number of hydrogen-bond acceptors (Lipinski definition) is 2. The summed E-state index contributed by atoms with van der Waals surface area (Å²) >= 11 is 5.91. The average Bonchev–Trinajstić information content (AvgIpc) is 3.17. The zero-order valence-corrected chi connectivity index (χ0v) is 15.3. The van der Waals surface area contributed by atoms with E-state index >= 15 is 0 Å². The average molecular weight is 370 g/mol. The molecule has 0 saturated carbocycles. The van der Waals surface area contributed by atoms with Crippen LogP contribution in [0.4, 0.5) is 0 Å². The molecule has 4 nitrogen and oxygen atoms in total. The molecule has 26 heavy (non-hydrogen) atoms. The molecule has 0 radical (unpaired) electrons. The number of carbonyl (C=O) groups is 1. The van der Waals surface area contributed by atoms with Gasteiger partial charge in [-0.3, -0.25) is 4.79 Å². The fraction of sp³-hybridized carbons (Fsp3) is 0.190. The summed E-state index contributed by atoms with van der Waals surface area (Å²) in [6.07, 6.45) is 1.65. The smallest absolute Gasteiger partial charge is 0.275 e. The number of rotatable bonds is 7. The maximum Gasteiger partial charge on any atom is 0.275 e. The molecule has 0 saturated heterocycles. The molecule has 0 aliphatic rings. The van der Waals surface area contributed by atoms with E-state index in [-0.39, 0.29) is 18.0 Å². The van der Waals surface area contributed by atoms with Gasteiger partial charge in [-0.25, -0.2) is 0 Å². The van der Waals surface area contributed by atoms with Gasteiger partial charge >= 0.3 is 0 Å². The summed E-state index contributed by atoms with van der Waals surface area (Å²) in [5.74, 6) is 0.801. The van der Waals surface area contributed by atoms with Gasteiger partial charge in [0.1, 0.15) is 0 Å². The van der Waals surface area contributed by atoms with Gasteiger partial charge < -0.3 is 15.1 Å². The minimum absolute atomic E-state index is 0.0278. The summed E-state index contributed by atoms with van der Waals surface area (Å²) in [6, 6.07) is 21.2. The number of halogens is 1. The van der Waals surface area contributed by atoms with Gasteiger partial charge in [-0.2, -0.15) is 0 Å². The molecule has 0 spiro atoms. The molecule has 5 heteroatoms. The van der Waals surface area contributed by atoms with Crippen LogP contribution in [0, 0.1) is 0 Å². The quantitative estimate of drug-likeness (QED) is 0.670. The lowest BCUT2D eigenvalue weighted by atomic mass is 10.0. The lowest BCUT2D eigenvalue weighted by Gasteiger charge is -2.16. The van der Waals surface area contributed by atoms with Crippen LogP contribution in [0.1, 0.15) is 35.9 Å². The molecular formula is C21H22ClN2O2+. The molecule has 3 rings (SSSR count). The van der Waals surface area contributed by atoms with Crippen LogP contribution in [0.25, 0.3) is 0 Å². The third kappa shape index (κ3) is 4.75. The Morgan fingerprint density at radius 2 is 1.77 bits per heavy atom. The lowest BCUT2D eigenvalue weighted by Crippen LogP contribution is -2.87. The fourth-order valence-corrected chi connectivity index (χ4v) is 3.03. The first-order chi connectivity index (χ1) is 12.6. The Kier molecular flexibility index (Phi) is 6.10. The molecule has 1 aromatic heterocycles. The number of nitrogens with one attached hydrogen (secondary N) is 1. The normalized spacial score (nSPS) is 13.2. The van der Waals surface area contributed by atoms with E-state index in [1.165, 1.54) is 0 Å². The number of hydrogen-bond donors (Lipinski definition) is 2. The van der Waals surface area contributed by atoms with Crippen LogP contribution in [-0.4, -0.2) is 12.5 Å². The summed E-state index contributed by atoms with van der Waals surface area (Å²) in [5.41, 5.74) is 2.12. The van der Waals surface area contributed by atoms with Gasteiger partial charge in [0.25, 0.3) is 5.91 Å². The second-order valence-electron chi connectivity index (χ2n) is 6.18.